The molecule has 29 heavy (non-hydrogen) atoms. The van der Waals surface area contributed by atoms with Crippen molar-refractivity contribution in [2.75, 3.05) is 0 Å². The zero-order chi connectivity index (χ0) is 21.0. The molecule has 0 aliphatic carbocycles. The number of nitrogens with zero attached hydrogens (tertiary/aromatic N) is 4. The van der Waals surface area contributed by atoms with Gasteiger partial charge in [0.2, 0.25) is 0 Å². The lowest BCUT2D eigenvalue weighted by Crippen LogP contribution is -2.24. The maximum Gasteiger partial charge on any atom is 0.269 e. The number of nitro groups is 1. The van der Waals surface area contributed by atoms with E-state index >= 15 is 0 Å². The molecule has 1 heterocycles. The molecule has 3 rings (SSSR count). The first kappa shape index (κ1) is 21.1. The van der Waals surface area contributed by atoms with E-state index in [0.29, 0.717) is 32.3 Å². The fraction of sp³-hybridized carbons (Fsp3) is 0.167. The van der Waals surface area contributed by atoms with Crippen molar-refractivity contribution in [3.05, 3.63) is 79.6 Å². The molecule has 8 nitrogen and oxygen atoms in total. The molecule has 0 aliphatic rings. The molecule has 0 radical (unpaired) electrons. The summed E-state index contributed by atoms with van der Waals surface area (Å²) in [6.07, 6.45) is 0. The third-order valence-corrected chi connectivity index (χ3v) is 5.86. The molecule has 0 spiro atoms. The summed E-state index contributed by atoms with van der Waals surface area (Å²) in [6, 6.07) is 11.0. The maximum absolute atomic E-state index is 12.3. The minimum Gasteiger partial charge on any atom is -0.345 e. The van der Waals surface area contributed by atoms with Gasteiger partial charge >= 0.3 is 0 Å². The topological polar surface area (TPSA) is 103 Å². The Balaban J connectivity index is 1.58. The molecule has 1 aromatic heterocycles. The number of rotatable bonds is 7. The number of nitro benzene ring substituents is 1. The van der Waals surface area contributed by atoms with Crippen LogP contribution in [-0.2, 0) is 19.3 Å². The Kier molecular flexibility index (Phi) is 6.73. The quantitative estimate of drug-likeness (QED) is 0.327. The second kappa shape index (κ2) is 9.25. The van der Waals surface area contributed by atoms with Gasteiger partial charge in [0, 0.05) is 30.5 Å². The van der Waals surface area contributed by atoms with Crippen molar-refractivity contribution in [1.82, 2.24) is 20.1 Å². The van der Waals surface area contributed by atoms with E-state index < -0.39 is 4.92 Å². The smallest absolute Gasteiger partial charge is 0.269 e. The summed E-state index contributed by atoms with van der Waals surface area (Å²) in [5.74, 6) is 0.871. The monoisotopic (exact) mass is 451 g/mol. The minimum absolute atomic E-state index is 0.0532. The standard InChI is InChI=1S/C18H15Cl2N5O3S/c1-24-16(9-21-17(26)12-4-7-14(19)15(20)8-12)22-23-18(24)29-10-11-2-5-13(6-3-11)25(27)28/h2-8H,9-10H2,1H3,(H,21,26). The van der Waals surface area contributed by atoms with E-state index in [-0.39, 0.29) is 18.1 Å². The van der Waals surface area contributed by atoms with Crippen molar-refractivity contribution >= 4 is 46.6 Å². The van der Waals surface area contributed by atoms with E-state index in [2.05, 4.69) is 15.5 Å². The van der Waals surface area contributed by atoms with Gasteiger partial charge in [-0.05, 0) is 23.8 Å². The normalized spacial score (nSPS) is 10.7. The Morgan fingerprint density at radius 1 is 1.17 bits per heavy atom. The van der Waals surface area contributed by atoms with E-state index in [9.17, 15) is 14.9 Å². The van der Waals surface area contributed by atoms with Crippen LogP contribution in [0.3, 0.4) is 0 Å². The number of amides is 1. The molecule has 0 aliphatic heterocycles. The summed E-state index contributed by atoms with van der Waals surface area (Å²) < 4.78 is 1.78. The largest absolute Gasteiger partial charge is 0.345 e. The highest BCUT2D eigenvalue weighted by Crippen LogP contribution is 2.24. The second-order valence-corrected chi connectivity index (χ2v) is 7.74. The van der Waals surface area contributed by atoms with Gasteiger partial charge in [0.25, 0.3) is 11.6 Å². The van der Waals surface area contributed by atoms with E-state index in [4.69, 9.17) is 23.2 Å². The van der Waals surface area contributed by atoms with Crippen LogP contribution in [0, 0.1) is 10.1 Å². The van der Waals surface area contributed by atoms with Gasteiger partial charge in [-0.3, -0.25) is 14.9 Å². The molecule has 150 valence electrons. The molecule has 0 saturated carbocycles. The van der Waals surface area contributed by atoms with Crippen molar-refractivity contribution in [2.45, 2.75) is 17.5 Å². The molecule has 2 aromatic carbocycles. The summed E-state index contributed by atoms with van der Waals surface area (Å²) in [6.45, 7) is 0.195. The van der Waals surface area contributed by atoms with Gasteiger partial charge in [-0.2, -0.15) is 0 Å². The van der Waals surface area contributed by atoms with Crippen LogP contribution >= 0.6 is 35.0 Å². The molecule has 0 bridgehead atoms. The average molecular weight is 452 g/mol. The number of carbonyl (C=O) groups is 1. The van der Waals surface area contributed by atoms with Crippen LogP contribution < -0.4 is 5.32 Å². The maximum atomic E-state index is 12.3. The fourth-order valence-electron chi connectivity index (χ4n) is 2.39. The SMILES string of the molecule is Cn1c(CNC(=O)c2ccc(Cl)c(Cl)c2)nnc1SCc1ccc([N+](=O)[O-])cc1. The summed E-state index contributed by atoms with van der Waals surface area (Å²) in [5, 5.41) is 23.1. The van der Waals surface area contributed by atoms with Gasteiger partial charge in [-0.15, -0.1) is 10.2 Å². The summed E-state index contributed by atoms with van der Waals surface area (Å²) in [5.41, 5.74) is 1.38. The molecule has 11 heteroatoms. The number of aromatic nitrogens is 3. The zero-order valence-corrected chi connectivity index (χ0v) is 17.5. The Hall–Kier alpha value is -2.62. The molecule has 0 atom stereocenters. The van der Waals surface area contributed by atoms with Crippen LogP contribution in [0.25, 0.3) is 0 Å². The minimum atomic E-state index is -0.432. The molecule has 1 N–H and O–H groups in total. The lowest BCUT2D eigenvalue weighted by atomic mass is 10.2. The van der Waals surface area contributed by atoms with Crippen molar-refractivity contribution in [3.63, 3.8) is 0 Å². The van der Waals surface area contributed by atoms with E-state index in [0.717, 1.165) is 5.56 Å². The number of non-ortho nitro benzene ring substituents is 1. The number of hydrogen-bond donors (Lipinski definition) is 1. The Bertz CT molecular complexity index is 1060. The van der Waals surface area contributed by atoms with E-state index in [1.54, 1.807) is 35.9 Å². The number of halogens is 2. The summed E-state index contributed by atoms with van der Waals surface area (Å²) in [4.78, 5) is 22.5. The summed E-state index contributed by atoms with van der Waals surface area (Å²) in [7, 11) is 1.80. The van der Waals surface area contributed by atoms with Gasteiger partial charge in [0.1, 0.15) is 0 Å². The predicted molar refractivity (Wildman–Crippen MR) is 111 cm³/mol. The van der Waals surface area contributed by atoms with Crippen LogP contribution in [0.15, 0.2) is 47.6 Å². The highest BCUT2D eigenvalue weighted by atomic mass is 35.5. The Morgan fingerprint density at radius 2 is 1.90 bits per heavy atom. The number of benzene rings is 2. The van der Waals surface area contributed by atoms with Crippen LogP contribution in [-0.4, -0.2) is 25.6 Å². The fourth-order valence-corrected chi connectivity index (χ4v) is 3.57. The number of thioether (sulfide) groups is 1. The van der Waals surface area contributed by atoms with Crippen molar-refractivity contribution in [3.8, 4) is 0 Å². The van der Waals surface area contributed by atoms with Gasteiger partial charge in [-0.25, -0.2) is 0 Å². The number of hydrogen-bond acceptors (Lipinski definition) is 6. The molecular formula is C18H15Cl2N5O3S. The van der Waals surface area contributed by atoms with Crippen LogP contribution in [0.5, 0.6) is 0 Å². The van der Waals surface area contributed by atoms with Gasteiger partial charge in [0.05, 0.1) is 21.5 Å². The van der Waals surface area contributed by atoms with Gasteiger partial charge in [-0.1, -0.05) is 47.1 Å². The average Bonchev–Trinajstić information content (AvgIpc) is 3.06. The third kappa shape index (κ3) is 5.26. The molecular weight excluding hydrogens is 437 g/mol. The van der Waals surface area contributed by atoms with E-state index in [1.807, 2.05) is 0 Å². The number of carbonyl (C=O) groups excluding carboxylic acids is 1. The van der Waals surface area contributed by atoms with Crippen molar-refractivity contribution in [2.24, 2.45) is 7.05 Å². The third-order valence-electron chi connectivity index (χ3n) is 4.03. The molecule has 3 aromatic rings. The Labute approximate surface area is 180 Å². The van der Waals surface area contributed by atoms with E-state index in [1.165, 1.54) is 30.0 Å². The second-order valence-electron chi connectivity index (χ2n) is 5.98. The first-order valence-electron chi connectivity index (χ1n) is 8.33. The zero-order valence-electron chi connectivity index (χ0n) is 15.1. The van der Waals surface area contributed by atoms with Crippen molar-refractivity contribution < 1.29 is 9.72 Å². The first-order chi connectivity index (χ1) is 13.8. The number of nitrogens with one attached hydrogen (secondary N) is 1. The van der Waals surface area contributed by atoms with Crippen LogP contribution in [0.1, 0.15) is 21.7 Å². The lowest BCUT2D eigenvalue weighted by Gasteiger charge is -2.07. The van der Waals surface area contributed by atoms with Gasteiger partial charge in [0.15, 0.2) is 11.0 Å². The molecule has 0 unspecified atom stereocenters. The summed E-state index contributed by atoms with van der Waals surface area (Å²) >= 11 is 13.2. The predicted octanol–water partition coefficient (Wildman–Crippen LogP) is 4.25. The highest BCUT2D eigenvalue weighted by Gasteiger charge is 2.13. The van der Waals surface area contributed by atoms with Crippen LogP contribution in [0.2, 0.25) is 10.0 Å². The molecule has 1 amide bonds. The van der Waals surface area contributed by atoms with Gasteiger partial charge < -0.3 is 9.88 Å². The van der Waals surface area contributed by atoms with Crippen molar-refractivity contribution in [1.29, 1.82) is 0 Å². The first-order valence-corrected chi connectivity index (χ1v) is 10.1. The molecule has 0 fully saturated rings. The van der Waals surface area contributed by atoms with Crippen LogP contribution in [0.4, 0.5) is 5.69 Å². The highest BCUT2D eigenvalue weighted by molar-refractivity contribution is 7.98. The lowest BCUT2D eigenvalue weighted by molar-refractivity contribution is -0.384. The molecule has 0 saturated heterocycles. The Morgan fingerprint density at radius 3 is 2.55 bits per heavy atom.